The number of unbranched alkanes of at least 4 members (excludes halogenated alkanes) is 16. The molecule has 5 unspecified atom stereocenters. The first-order valence-electron chi connectivity index (χ1n) is 38.4. The SMILES string of the molecule is CC/C=C\C/C=C\C/C=C\C/C=C\C/C=C\C/C=C\CCC(=O)OCC(COP(=O)(O)OCC(O)COP(=O)(O)OCC(COC(=O)CCCCCCC/C=C\C/C=C\CCCCC)OC(=O)CCCCCCC/C=C\CCCC)OC(=O)CCC/C=C\C/C=C\C/C=C\C/C=C\C/C=C\CC. The van der Waals surface area contributed by atoms with Crippen molar-refractivity contribution in [2.24, 2.45) is 0 Å². The number of ether oxygens (including phenoxy) is 4. The van der Waals surface area contributed by atoms with E-state index in [1.165, 1.54) is 32.1 Å². The zero-order chi connectivity index (χ0) is 74.6. The first-order valence-corrected chi connectivity index (χ1v) is 41.4. The summed E-state index contributed by atoms with van der Waals surface area (Å²) in [7, 11) is -10.0. The van der Waals surface area contributed by atoms with Crippen molar-refractivity contribution in [1.29, 1.82) is 0 Å². The van der Waals surface area contributed by atoms with Crippen molar-refractivity contribution in [3.05, 3.63) is 170 Å². The van der Waals surface area contributed by atoms with Gasteiger partial charge in [-0.2, -0.15) is 0 Å². The van der Waals surface area contributed by atoms with E-state index in [0.717, 1.165) is 148 Å². The Kier molecular flexibility index (Phi) is 69.7. The van der Waals surface area contributed by atoms with Gasteiger partial charge in [0.25, 0.3) is 0 Å². The maximum Gasteiger partial charge on any atom is 0.472 e. The molecule has 0 amide bonds. The van der Waals surface area contributed by atoms with E-state index in [1.54, 1.807) is 0 Å². The molecule has 578 valence electrons. The summed E-state index contributed by atoms with van der Waals surface area (Å²) in [5, 5.41) is 10.6. The first kappa shape index (κ1) is 96.4. The molecule has 0 aromatic carbocycles. The Labute approximate surface area is 616 Å². The fraction of sp³-hybridized carbons (Fsp3) is 0.614. The first-order chi connectivity index (χ1) is 49.7. The summed E-state index contributed by atoms with van der Waals surface area (Å²) < 4.78 is 68.3. The summed E-state index contributed by atoms with van der Waals surface area (Å²) in [4.78, 5) is 72.8. The van der Waals surface area contributed by atoms with Gasteiger partial charge in [0.05, 0.1) is 26.4 Å². The van der Waals surface area contributed by atoms with E-state index in [-0.39, 0.29) is 25.7 Å². The number of rotatable bonds is 70. The number of aliphatic hydroxyl groups excluding tert-OH is 1. The fourth-order valence-corrected chi connectivity index (χ4v) is 10.9. The lowest BCUT2D eigenvalue weighted by Crippen LogP contribution is -2.30. The number of hydrogen-bond donors (Lipinski definition) is 3. The number of carbonyl (C=O) groups is 4. The van der Waals surface area contributed by atoms with Crippen molar-refractivity contribution in [2.45, 2.75) is 290 Å². The monoisotopic (exact) mass is 1460 g/mol. The number of phosphoric ester groups is 2. The highest BCUT2D eigenvalue weighted by atomic mass is 31.2. The minimum atomic E-state index is -5.02. The molecule has 0 saturated heterocycles. The molecule has 17 nitrogen and oxygen atoms in total. The summed E-state index contributed by atoms with van der Waals surface area (Å²) in [5.74, 6) is -2.38. The second-order valence-corrected chi connectivity index (χ2v) is 27.7. The van der Waals surface area contributed by atoms with Crippen molar-refractivity contribution in [3.63, 3.8) is 0 Å². The molecule has 19 heteroatoms. The number of phosphoric acid groups is 2. The molecule has 0 aliphatic carbocycles. The van der Waals surface area contributed by atoms with Crippen LogP contribution in [0.15, 0.2) is 170 Å². The second-order valence-electron chi connectivity index (χ2n) is 24.8. The van der Waals surface area contributed by atoms with Crippen LogP contribution in [0.5, 0.6) is 0 Å². The van der Waals surface area contributed by atoms with Gasteiger partial charge in [-0.1, -0.05) is 262 Å². The molecule has 0 fully saturated rings. The zero-order valence-electron chi connectivity index (χ0n) is 63.0. The normalized spacial score (nSPS) is 14.9. The van der Waals surface area contributed by atoms with E-state index in [0.29, 0.717) is 38.5 Å². The molecule has 102 heavy (non-hydrogen) atoms. The van der Waals surface area contributed by atoms with Gasteiger partial charge in [0.1, 0.15) is 19.3 Å². The molecule has 0 radical (unpaired) electrons. The van der Waals surface area contributed by atoms with Gasteiger partial charge in [0, 0.05) is 25.7 Å². The van der Waals surface area contributed by atoms with Crippen molar-refractivity contribution in [1.82, 2.24) is 0 Å². The third-order valence-electron chi connectivity index (χ3n) is 15.2. The van der Waals surface area contributed by atoms with Crippen molar-refractivity contribution in [3.8, 4) is 0 Å². The number of aliphatic hydroxyl groups is 1. The Morgan fingerprint density at radius 2 is 0.549 bits per heavy atom. The molecule has 0 spiro atoms. The Morgan fingerprint density at radius 1 is 0.284 bits per heavy atom. The summed E-state index contributed by atoms with van der Waals surface area (Å²) in [5.41, 5.74) is 0. The molecular weight excluding hydrogens is 1330 g/mol. The highest BCUT2D eigenvalue weighted by molar-refractivity contribution is 7.47. The topological polar surface area (TPSA) is 237 Å². The van der Waals surface area contributed by atoms with Crippen LogP contribution in [0.3, 0.4) is 0 Å². The van der Waals surface area contributed by atoms with Gasteiger partial charge in [0.2, 0.25) is 0 Å². The number of carbonyl (C=O) groups excluding carboxylic acids is 4. The lowest BCUT2D eigenvalue weighted by atomic mass is 10.1. The molecule has 0 aromatic rings. The van der Waals surface area contributed by atoms with Crippen molar-refractivity contribution < 1.29 is 80.2 Å². The van der Waals surface area contributed by atoms with Crippen molar-refractivity contribution in [2.75, 3.05) is 39.6 Å². The maximum atomic E-state index is 13.1. The van der Waals surface area contributed by atoms with E-state index >= 15 is 0 Å². The summed E-state index contributed by atoms with van der Waals surface area (Å²) >= 11 is 0. The average Bonchev–Trinajstić information content (AvgIpc) is 0.921. The highest BCUT2D eigenvalue weighted by Gasteiger charge is 2.30. The number of hydrogen-bond acceptors (Lipinski definition) is 15. The van der Waals surface area contributed by atoms with Gasteiger partial charge in [-0.15, -0.1) is 0 Å². The fourth-order valence-electron chi connectivity index (χ4n) is 9.35. The molecule has 0 aromatic heterocycles. The third-order valence-corrected chi connectivity index (χ3v) is 17.1. The van der Waals surface area contributed by atoms with E-state index < -0.39 is 97.5 Å². The molecule has 3 N–H and O–H groups in total. The molecule has 0 aliphatic heterocycles. The highest BCUT2D eigenvalue weighted by Crippen LogP contribution is 2.45. The average molecular weight is 1470 g/mol. The van der Waals surface area contributed by atoms with Crippen LogP contribution < -0.4 is 0 Å². The van der Waals surface area contributed by atoms with Crippen LogP contribution in [0.1, 0.15) is 272 Å². The van der Waals surface area contributed by atoms with Gasteiger partial charge in [-0.25, -0.2) is 9.13 Å². The van der Waals surface area contributed by atoms with Gasteiger partial charge in [-0.05, 0) is 154 Å². The van der Waals surface area contributed by atoms with E-state index in [4.69, 9.17) is 37.0 Å². The zero-order valence-corrected chi connectivity index (χ0v) is 64.8. The van der Waals surface area contributed by atoms with Crippen LogP contribution in [0.2, 0.25) is 0 Å². The van der Waals surface area contributed by atoms with E-state index in [1.807, 2.05) is 30.4 Å². The Balaban J connectivity index is 5.49. The van der Waals surface area contributed by atoms with E-state index in [2.05, 4.69) is 167 Å². The summed E-state index contributed by atoms with van der Waals surface area (Å²) in [6.45, 7) is 4.37. The quantitative estimate of drug-likeness (QED) is 0.0169. The maximum absolute atomic E-state index is 13.1. The van der Waals surface area contributed by atoms with Crippen LogP contribution in [-0.4, -0.2) is 96.7 Å². The standard InChI is InChI=1S/C83H134O17P2/c1-5-9-13-17-21-25-29-32-35-37-38-40-42-45-49-52-56-60-64-68-81(86)94-74-79(100-83(88)70-66-62-58-54-50-46-43-39-36-33-30-26-22-18-14-10-6-2)76-98-102(91,92)96-72-77(84)71-95-101(89,90)97-75-78(99-82(87)69-65-61-57-53-47-28-24-20-16-12-8-4)73-93-80(85)67-63-59-55-51-48-44-41-34-31-27-23-19-15-11-7-3/h9-10,13-14,20-27,32-36,38,40-41,43,45-46,49,54,56,58,60,77-79,84H,5-8,11-12,15-19,28-31,37,39,42,44,47-48,50-53,55,57,59,61-76H2,1-4H3,(H,89,90)(H,91,92)/b13-9-,14-10-,24-20-,25-21-,26-22-,27-23-,35-32-,36-33-,40-38-,41-34-,46-43-,49-45-,58-54-,60-56-. The molecule has 0 aliphatic rings. The smallest absolute Gasteiger partial charge is 0.462 e. The third kappa shape index (κ3) is 72.8. The van der Waals surface area contributed by atoms with Crippen LogP contribution in [0.25, 0.3) is 0 Å². The predicted molar refractivity (Wildman–Crippen MR) is 417 cm³/mol. The molecule has 5 atom stereocenters. The molecule has 0 bridgehead atoms. The summed E-state index contributed by atoms with van der Waals surface area (Å²) in [6, 6.07) is 0. The number of allylic oxidation sites excluding steroid dienone is 28. The van der Waals surface area contributed by atoms with Crippen molar-refractivity contribution >= 4 is 39.5 Å². The van der Waals surface area contributed by atoms with Crippen LogP contribution in [-0.2, 0) is 65.4 Å². The largest absolute Gasteiger partial charge is 0.472 e. The lowest BCUT2D eigenvalue weighted by Gasteiger charge is -2.21. The molecule has 0 heterocycles. The molecule has 0 rings (SSSR count). The van der Waals surface area contributed by atoms with Gasteiger partial charge >= 0.3 is 39.5 Å². The second kappa shape index (κ2) is 73.7. The van der Waals surface area contributed by atoms with Crippen LogP contribution >= 0.6 is 15.6 Å². The van der Waals surface area contributed by atoms with Crippen LogP contribution in [0, 0.1) is 0 Å². The Bertz CT molecular complexity index is 2600. The lowest BCUT2D eigenvalue weighted by molar-refractivity contribution is -0.161. The van der Waals surface area contributed by atoms with Gasteiger partial charge in [-0.3, -0.25) is 37.3 Å². The van der Waals surface area contributed by atoms with Gasteiger partial charge < -0.3 is 33.8 Å². The molecule has 0 saturated carbocycles. The summed E-state index contributed by atoms with van der Waals surface area (Å²) in [6.07, 6.45) is 86.6. The van der Waals surface area contributed by atoms with Gasteiger partial charge in [0.15, 0.2) is 12.2 Å². The minimum absolute atomic E-state index is 0.00612. The Morgan fingerprint density at radius 3 is 0.922 bits per heavy atom. The van der Waals surface area contributed by atoms with Crippen LogP contribution in [0.4, 0.5) is 0 Å². The minimum Gasteiger partial charge on any atom is -0.462 e. The number of esters is 4. The predicted octanol–water partition coefficient (Wildman–Crippen LogP) is 22.2. The van der Waals surface area contributed by atoms with E-state index in [9.17, 15) is 43.2 Å². The Hall–Kier alpha value is -5.58. The molecular formula is C83H134O17P2.